The number of hydrogen-bond donors (Lipinski definition) is 3. The van der Waals surface area contributed by atoms with Crippen molar-refractivity contribution in [3.63, 3.8) is 0 Å². The predicted molar refractivity (Wildman–Crippen MR) is 117 cm³/mol. The van der Waals surface area contributed by atoms with E-state index in [2.05, 4.69) is 15.4 Å². The van der Waals surface area contributed by atoms with Crippen LogP contribution in [0.5, 0.6) is 0 Å². The Hall–Kier alpha value is -2.71. The third kappa shape index (κ3) is 7.61. The first-order chi connectivity index (χ1) is 14.2. The van der Waals surface area contributed by atoms with Crippen LogP contribution in [0.1, 0.15) is 32.8 Å². The lowest BCUT2D eigenvalue weighted by Crippen LogP contribution is -2.42. The molecule has 0 saturated heterocycles. The van der Waals surface area contributed by atoms with Gasteiger partial charge >= 0.3 is 0 Å². The minimum absolute atomic E-state index is 0.0513. The minimum Gasteiger partial charge on any atom is -0.356 e. The molecule has 8 heteroatoms. The zero-order chi connectivity index (χ0) is 22.1. The highest BCUT2D eigenvalue weighted by atomic mass is 32.2. The third-order valence-electron chi connectivity index (χ3n) is 4.58. The Morgan fingerprint density at radius 3 is 2.17 bits per heavy atom. The predicted octanol–water partition coefficient (Wildman–Crippen LogP) is 2.70. The summed E-state index contributed by atoms with van der Waals surface area (Å²) >= 11 is 0. The Labute approximate surface area is 178 Å². The molecular weight excluding hydrogens is 402 g/mol. The largest absolute Gasteiger partial charge is 0.356 e. The van der Waals surface area contributed by atoms with Crippen molar-refractivity contribution in [2.75, 3.05) is 11.9 Å². The Morgan fingerprint density at radius 1 is 0.967 bits per heavy atom. The standard InChI is InChI=1S/C22H29N3O4S/c1-16(2)21(15-22(27)23-14-13-18-7-5-4-6-8-18)25-30(28,29)20-11-9-19(10-12-20)24-17(3)26/h4-12,16,21,25H,13-15H2,1-3H3,(H,23,27)(H,24,26)/t21-/m0/s1. The van der Waals surface area contributed by atoms with Gasteiger partial charge in [-0.25, -0.2) is 13.1 Å². The van der Waals surface area contributed by atoms with Crippen molar-refractivity contribution in [3.8, 4) is 0 Å². The van der Waals surface area contributed by atoms with Gasteiger partial charge in [-0.05, 0) is 42.2 Å². The number of nitrogens with one attached hydrogen (secondary N) is 3. The Balaban J connectivity index is 1.94. The van der Waals surface area contributed by atoms with Crippen LogP contribution in [0.15, 0.2) is 59.5 Å². The molecule has 0 fully saturated rings. The lowest BCUT2D eigenvalue weighted by molar-refractivity contribution is -0.121. The fraction of sp³-hybridized carbons (Fsp3) is 0.364. The Morgan fingerprint density at radius 2 is 1.60 bits per heavy atom. The van der Waals surface area contributed by atoms with E-state index in [0.717, 1.165) is 5.56 Å². The van der Waals surface area contributed by atoms with E-state index in [-0.39, 0.29) is 29.0 Å². The summed E-state index contributed by atoms with van der Waals surface area (Å²) < 4.78 is 28.1. The molecule has 3 N–H and O–H groups in total. The molecule has 0 saturated carbocycles. The molecule has 0 radical (unpaired) electrons. The Bertz CT molecular complexity index is 942. The maximum absolute atomic E-state index is 12.7. The van der Waals surface area contributed by atoms with Gasteiger partial charge in [0.25, 0.3) is 0 Å². The first kappa shape index (κ1) is 23.6. The van der Waals surface area contributed by atoms with Crippen LogP contribution in [0.25, 0.3) is 0 Å². The van der Waals surface area contributed by atoms with Gasteiger partial charge in [0.15, 0.2) is 0 Å². The summed E-state index contributed by atoms with van der Waals surface area (Å²) in [6.45, 7) is 5.60. The van der Waals surface area contributed by atoms with Gasteiger partial charge < -0.3 is 10.6 Å². The first-order valence-corrected chi connectivity index (χ1v) is 11.4. The van der Waals surface area contributed by atoms with E-state index in [1.807, 2.05) is 44.2 Å². The molecule has 0 aromatic heterocycles. The highest BCUT2D eigenvalue weighted by molar-refractivity contribution is 7.89. The fourth-order valence-electron chi connectivity index (χ4n) is 2.86. The summed E-state index contributed by atoms with van der Waals surface area (Å²) in [4.78, 5) is 23.5. The van der Waals surface area contributed by atoms with Crippen LogP contribution >= 0.6 is 0 Å². The normalized spacial score (nSPS) is 12.4. The highest BCUT2D eigenvalue weighted by Gasteiger charge is 2.24. The van der Waals surface area contributed by atoms with Gasteiger partial charge in [-0.3, -0.25) is 9.59 Å². The Kier molecular flexibility index (Phi) is 8.56. The lowest BCUT2D eigenvalue weighted by Gasteiger charge is -2.22. The first-order valence-electron chi connectivity index (χ1n) is 9.88. The SMILES string of the molecule is CC(=O)Nc1ccc(S(=O)(=O)N[C@@H](CC(=O)NCCc2ccccc2)C(C)C)cc1. The van der Waals surface area contributed by atoms with Crippen LogP contribution in [0.3, 0.4) is 0 Å². The molecule has 0 heterocycles. The smallest absolute Gasteiger partial charge is 0.240 e. The molecule has 0 unspecified atom stereocenters. The summed E-state index contributed by atoms with van der Waals surface area (Å²) in [5, 5.41) is 5.45. The molecule has 2 aromatic rings. The van der Waals surface area contributed by atoms with Crippen LogP contribution in [-0.4, -0.2) is 32.8 Å². The number of amides is 2. The minimum atomic E-state index is -3.80. The summed E-state index contributed by atoms with van der Waals surface area (Å²) in [5.74, 6) is -0.506. The molecule has 0 aliphatic rings. The molecule has 7 nitrogen and oxygen atoms in total. The number of sulfonamides is 1. The zero-order valence-electron chi connectivity index (χ0n) is 17.5. The van der Waals surface area contributed by atoms with E-state index >= 15 is 0 Å². The van der Waals surface area contributed by atoms with E-state index in [0.29, 0.717) is 18.7 Å². The van der Waals surface area contributed by atoms with Gasteiger partial charge in [0.1, 0.15) is 0 Å². The number of benzene rings is 2. The van der Waals surface area contributed by atoms with Crippen LogP contribution in [0.4, 0.5) is 5.69 Å². The molecule has 2 rings (SSSR count). The van der Waals surface area contributed by atoms with Gasteiger partial charge in [-0.15, -0.1) is 0 Å². The van der Waals surface area contributed by atoms with Crippen molar-refractivity contribution in [1.82, 2.24) is 10.0 Å². The molecule has 0 aliphatic heterocycles. The summed E-state index contributed by atoms with van der Waals surface area (Å²) in [6, 6.07) is 15.2. The number of rotatable bonds is 10. The topological polar surface area (TPSA) is 104 Å². The molecule has 162 valence electrons. The van der Waals surface area contributed by atoms with Crippen molar-refractivity contribution < 1.29 is 18.0 Å². The quantitative estimate of drug-likeness (QED) is 0.538. The molecule has 0 aliphatic carbocycles. The lowest BCUT2D eigenvalue weighted by atomic mass is 10.0. The highest BCUT2D eigenvalue weighted by Crippen LogP contribution is 2.17. The van der Waals surface area contributed by atoms with Crippen molar-refractivity contribution in [2.45, 2.75) is 44.6 Å². The second-order valence-electron chi connectivity index (χ2n) is 7.47. The van der Waals surface area contributed by atoms with E-state index in [4.69, 9.17) is 0 Å². The van der Waals surface area contributed by atoms with Gasteiger partial charge in [-0.2, -0.15) is 0 Å². The number of carbonyl (C=O) groups is 2. The van der Waals surface area contributed by atoms with Crippen molar-refractivity contribution in [2.24, 2.45) is 5.92 Å². The molecule has 0 spiro atoms. The number of hydrogen-bond acceptors (Lipinski definition) is 4. The van der Waals surface area contributed by atoms with Gasteiger partial charge in [0.05, 0.1) is 4.90 Å². The van der Waals surface area contributed by atoms with E-state index < -0.39 is 16.1 Å². The van der Waals surface area contributed by atoms with E-state index in [9.17, 15) is 18.0 Å². The van der Waals surface area contributed by atoms with Crippen LogP contribution in [0, 0.1) is 5.92 Å². The number of carbonyl (C=O) groups excluding carboxylic acids is 2. The van der Waals surface area contributed by atoms with E-state index in [1.54, 1.807) is 0 Å². The fourth-order valence-corrected chi connectivity index (χ4v) is 4.25. The van der Waals surface area contributed by atoms with Crippen molar-refractivity contribution >= 4 is 27.5 Å². The van der Waals surface area contributed by atoms with E-state index in [1.165, 1.54) is 31.2 Å². The van der Waals surface area contributed by atoms with Crippen LogP contribution in [-0.2, 0) is 26.0 Å². The van der Waals surface area contributed by atoms with Gasteiger partial charge in [0.2, 0.25) is 21.8 Å². The second-order valence-corrected chi connectivity index (χ2v) is 9.18. The molecular formula is C22H29N3O4S. The van der Waals surface area contributed by atoms with Crippen molar-refractivity contribution in [3.05, 3.63) is 60.2 Å². The summed E-state index contributed by atoms with van der Waals surface area (Å²) in [7, 11) is -3.80. The summed E-state index contributed by atoms with van der Waals surface area (Å²) in [6.07, 6.45) is 0.765. The van der Waals surface area contributed by atoms with Gasteiger partial charge in [0, 0.05) is 31.6 Å². The number of anilines is 1. The van der Waals surface area contributed by atoms with Gasteiger partial charge in [-0.1, -0.05) is 44.2 Å². The molecule has 2 aromatic carbocycles. The molecule has 2 amide bonds. The molecule has 1 atom stereocenters. The maximum Gasteiger partial charge on any atom is 0.240 e. The maximum atomic E-state index is 12.7. The van der Waals surface area contributed by atoms with Crippen LogP contribution < -0.4 is 15.4 Å². The average Bonchev–Trinajstić information content (AvgIpc) is 2.68. The summed E-state index contributed by atoms with van der Waals surface area (Å²) in [5.41, 5.74) is 1.64. The second kappa shape index (κ2) is 10.9. The van der Waals surface area contributed by atoms with Crippen LogP contribution in [0.2, 0.25) is 0 Å². The van der Waals surface area contributed by atoms with Crippen molar-refractivity contribution in [1.29, 1.82) is 0 Å². The third-order valence-corrected chi connectivity index (χ3v) is 6.09. The molecule has 0 bridgehead atoms. The monoisotopic (exact) mass is 431 g/mol. The zero-order valence-corrected chi connectivity index (χ0v) is 18.3. The molecule has 30 heavy (non-hydrogen) atoms. The average molecular weight is 432 g/mol.